The van der Waals surface area contributed by atoms with Crippen molar-refractivity contribution in [3.8, 4) is 0 Å². The van der Waals surface area contributed by atoms with Gasteiger partial charge in [-0.15, -0.1) is 0 Å². The highest BCUT2D eigenvalue weighted by molar-refractivity contribution is 14.1. The van der Waals surface area contributed by atoms with E-state index in [2.05, 4.69) is 33.2 Å². The third-order valence-corrected chi connectivity index (χ3v) is 3.37. The van der Waals surface area contributed by atoms with E-state index < -0.39 is 0 Å². The van der Waals surface area contributed by atoms with Crippen LogP contribution in [0.25, 0.3) is 0 Å². The summed E-state index contributed by atoms with van der Waals surface area (Å²) in [7, 11) is 0. The van der Waals surface area contributed by atoms with Gasteiger partial charge < -0.3 is 15.4 Å². The van der Waals surface area contributed by atoms with Crippen LogP contribution in [-0.2, 0) is 4.74 Å². The van der Waals surface area contributed by atoms with Crippen LogP contribution < -0.4 is 10.6 Å². The van der Waals surface area contributed by atoms with E-state index in [0.29, 0.717) is 6.61 Å². The second kappa shape index (κ2) is 5.68. The van der Waals surface area contributed by atoms with Crippen molar-refractivity contribution in [1.29, 1.82) is 0 Å². The molecular formula is C12H15IN2O2. The van der Waals surface area contributed by atoms with Crippen molar-refractivity contribution in [3.63, 3.8) is 0 Å². The van der Waals surface area contributed by atoms with Gasteiger partial charge in [-0.2, -0.15) is 0 Å². The molecule has 1 saturated heterocycles. The lowest BCUT2D eigenvalue weighted by Gasteiger charge is -2.13. The third kappa shape index (κ3) is 3.57. The van der Waals surface area contributed by atoms with E-state index in [1.165, 1.54) is 0 Å². The molecule has 17 heavy (non-hydrogen) atoms. The van der Waals surface area contributed by atoms with Crippen molar-refractivity contribution in [1.82, 2.24) is 5.32 Å². The van der Waals surface area contributed by atoms with E-state index in [1.807, 2.05) is 25.1 Å². The maximum atomic E-state index is 11.7. The molecule has 92 valence electrons. The molecule has 0 radical (unpaired) electrons. The molecule has 2 amide bonds. The minimum absolute atomic E-state index is 0.138. The lowest BCUT2D eigenvalue weighted by molar-refractivity contribution is 0.189. The molecule has 2 N–H and O–H groups in total. The lowest BCUT2D eigenvalue weighted by Crippen LogP contribution is -2.38. The van der Waals surface area contributed by atoms with Crippen molar-refractivity contribution in [2.24, 2.45) is 0 Å². The van der Waals surface area contributed by atoms with E-state index in [4.69, 9.17) is 4.74 Å². The Morgan fingerprint density at radius 1 is 1.53 bits per heavy atom. The van der Waals surface area contributed by atoms with E-state index in [0.717, 1.165) is 27.8 Å². The van der Waals surface area contributed by atoms with Gasteiger partial charge in [-0.1, -0.05) is 0 Å². The number of hydrogen-bond acceptors (Lipinski definition) is 2. The summed E-state index contributed by atoms with van der Waals surface area (Å²) in [5.74, 6) is 0. The molecule has 0 saturated carbocycles. The molecule has 1 unspecified atom stereocenters. The fourth-order valence-electron chi connectivity index (χ4n) is 1.76. The average molecular weight is 346 g/mol. The normalized spacial score (nSPS) is 19.1. The number of anilines is 1. The SMILES string of the molecule is Cc1cc(I)ccc1NC(=O)NC1CCOC1. The molecule has 1 aliphatic rings. The second-order valence-electron chi connectivity index (χ2n) is 4.12. The third-order valence-electron chi connectivity index (χ3n) is 2.70. The first-order chi connectivity index (χ1) is 8.15. The maximum Gasteiger partial charge on any atom is 0.319 e. The molecule has 5 heteroatoms. The summed E-state index contributed by atoms with van der Waals surface area (Å²) >= 11 is 2.25. The minimum Gasteiger partial charge on any atom is -0.379 e. The van der Waals surface area contributed by atoms with Crippen LogP contribution in [0.2, 0.25) is 0 Å². The quantitative estimate of drug-likeness (QED) is 0.809. The molecule has 1 atom stereocenters. The first-order valence-electron chi connectivity index (χ1n) is 5.56. The molecule has 0 aromatic heterocycles. The maximum absolute atomic E-state index is 11.7. The summed E-state index contributed by atoms with van der Waals surface area (Å²) in [4.78, 5) is 11.7. The Kier molecular flexibility index (Phi) is 4.22. The molecule has 1 aliphatic heterocycles. The van der Waals surface area contributed by atoms with Crippen LogP contribution in [0, 0.1) is 10.5 Å². The number of aryl methyl sites for hydroxylation is 1. The number of rotatable bonds is 2. The summed E-state index contributed by atoms with van der Waals surface area (Å²) in [6.07, 6.45) is 0.888. The number of halogens is 1. The molecule has 1 fully saturated rings. The predicted octanol–water partition coefficient (Wildman–Crippen LogP) is 2.51. The van der Waals surface area contributed by atoms with Crippen LogP contribution in [0.5, 0.6) is 0 Å². The van der Waals surface area contributed by atoms with Gasteiger partial charge in [0.25, 0.3) is 0 Å². The molecule has 2 rings (SSSR count). The van der Waals surface area contributed by atoms with Crippen LogP contribution >= 0.6 is 22.6 Å². The van der Waals surface area contributed by atoms with Crippen LogP contribution in [0.3, 0.4) is 0 Å². The van der Waals surface area contributed by atoms with Crippen LogP contribution in [0.1, 0.15) is 12.0 Å². The Morgan fingerprint density at radius 3 is 3.00 bits per heavy atom. The number of carbonyl (C=O) groups excluding carboxylic acids is 1. The second-order valence-corrected chi connectivity index (χ2v) is 5.36. The molecule has 1 aromatic rings. The van der Waals surface area contributed by atoms with E-state index in [1.54, 1.807) is 0 Å². The zero-order valence-electron chi connectivity index (χ0n) is 9.63. The molecule has 0 aliphatic carbocycles. The molecule has 1 heterocycles. The number of ether oxygens (including phenoxy) is 1. The van der Waals surface area contributed by atoms with Gasteiger partial charge in [-0.25, -0.2) is 4.79 Å². The van der Waals surface area contributed by atoms with Crippen molar-refractivity contribution in [2.75, 3.05) is 18.5 Å². The Morgan fingerprint density at radius 2 is 2.35 bits per heavy atom. The van der Waals surface area contributed by atoms with Crippen molar-refractivity contribution >= 4 is 34.3 Å². The molecule has 1 aromatic carbocycles. The monoisotopic (exact) mass is 346 g/mol. The largest absolute Gasteiger partial charge is 0.379 e. The summed E-state index contributed by atoms with van der Waals surface area (Å²) in [6, 6.07) is 5.90. The van der Waals surface area contributed by atoms with Gasteiger partial charge in [-0.05, 0) is 59.7 Å². The molecule has 0 bridgehead atoms. The van der Waals surface area contributed by atoms with Crippen LogP contribution in [0.15, 0.2) is 18.2 Å². The first kappa shape index (κ1) is 12.6. The van der Waals surface area contributed by atoms with Gasteiger partial charge in [-0.3, -0.25) is 0 Å². The Balaban J connectivity index is 1.93. The van der Waals surface area contributed by atoms with Gasteiger partial charge in [0.05, 0.1) is 12.6 Å². The fraction of sp³-hybridized carbons (Fsp3) is 0.417. The predicted molar refractivity (Wildman–Crippen MR) is 75.3 cm³/mol. The summed E-state index contributed by atoms with van der Waals surface area (Å²) < 4.78 is 6.37. The highest BCUT2D eigenvalue weighted by atomic mass is 127. The standard InChI is InChI=1S/C12H15IN2O2/c1-8-6-9(13)2-3-11(8)15-12(16)14-10-4-5-17-7-10/h2-3,6,10H,4-5,7H2,1H3,(H2,14,15,16). The number of hydrogen-bond donors (Lipinski definition) is 2. The van der Waals surface area contributed by atoms with E-state index >= 15 is 0 Å². The number of nitrogens with one attached hydrogen (secondary N) is 2. The number of carbonyl (C=O) groups is 1. The van der Waals surface area contributed by atoms with Gasteiger partial charge in [0.15, 0.2) is 0 Å². The van der Waals surface area contributed by atoms with Gasteiger partial charge in [0, 0.05) is 15.9 Å². The molecule has 4 nitrogen and oxygen atoms in total. The highest BCUT2D eigenvalue weighted by Crippen LogP contribution is 2.17. The van der Waals surface area contributed by atoms with Crippen molar-refractivity contribution in [2.45, 2.75) is 19.4 Å². The fourth-order valence-corrected chi connectivity index (χ4v) is 2.41. The zero-order chi connectivity index (χ0) is 12.3. The first-order valence-corrected chi connectivity index (χ1v) is 6.64. The van der Waals surface area contributed by atoms with E-state index in [9.17, 15) is 4.79 Å². The number of urea groups is 1. The summed E-state index contributed by atoms with van der Waals surface area (Å²) in [5.41, 5.74) is 1.91. The average Bonchev–Trinajstić information content (AvgIpc) is 2.75. The molecule has 0 spiro atoms. The topological polar surface area (TPSA) is 50.4 Å². The number of amides is 2. The van der Waals surface area contributed by atoms with Gasteiger partial charge >= 0.3 is 6.03 Å². The molecular weight excluding hydrogens is 331 g/mol. The summed E-state index contributed by atoms with van der Waals surface area (Å²) in [5, 5.41) is 5.75. The van der Waals surface area contributed by atoms with E-state index in [-0.39, 0.29) is 12.1 Å². The number of benzene rings is 1. The summed E-state index contributed by atoms with van der Waals surface area (Å²) in [6.45, 7) is 3.32. The lowest BCUT2D eigenvalue weighted by atomic mass is 10.2. The van der Waals surface area contributed by atoms with Crippen molar-refractivity contribution in [3.05, 3.63) is 27.3 Å². The van der Waals surface area contributed by atoms with Crippen LogP contribution in [-0.4, -0.2) is 25.3 Å². The minimum atomic E-state index is -0.162. The van der Waals surface area contributed by atoms with Crippen LogP contribution in [0.4, 0.5) is 10.5 Å². The Hall–Kier alpha value is -0.820. The highest BCUT2D eigenvalue weighted by Gasteiger charge is 2.17. The van der Waals surface area contributed by atoms with Crippen molar-refractivity contribution < 1.29 is 9.53 Å². The van der Waals surface area contributed by atoms with Gasteiger partial charge in [0.2, 0.25) is 0 Å². The zero-order valence-corrected chi connectivity index (χ0v) is 11.8. The van der Waals surface area contributed by atoms with Gasteiger partial charge in [0.1, 0.15) is 0 Å². The Bertz CT molecular complexity index is 417. The smallest absolute Gasteiger partial charge is 0.319 e. The Labute approximate surface area is 114 Å².